The summed E-state index contributed by atoms with van der Waals surface area (Å²) in [5, 5.41) is -0.564. The van der Waals surface area contributed by atoms with Crippen molar-refractivity contribution in [3.8, 4) is 0 Å². The molecule has 2 nitrogen and oxygen atoms in total. The Labute approximate surface area is 142 Å². The summed E-state index contributed by atoms with van der Waals surface area (Å²) >= 11 is 5.68. The van der Waals surface area contributed by atoms with E-state index in [9.17, 15) is 13.6 Å². The summed E-state index contributed by atoms with van der Waals surface area (Å²) < 4.78 is 27.8. The van der Waals surface area contributed by atoms with E-state index in [1.165, 1.54) is 11.0 Å². The molecule has 0 saturated heterocycles. The molecule has 0 bridgehead atoms. The summed E-state index contributed by atoms with van der Waals surface area (Å²) in [6.07, 6.45) is 4.17. The van der Waals surface area contributed by atoms with Gasteiger partial charge in [-0.25, -0.2) is 8.78 Å². The van der Waals surface area contributed by atoms with Crippen LogP contribution in [-0.4, -0.2) is 11.9 Å². The van der Waals surface area contributed by atoms with Crippen molar-refractivity contribution in [3.63, 3.8) is 0 Å². The molecule has 0 saturated carbocycles. The van der Waals surface area contributed by atoms with E-state index in [-0.39, 0.29) is 23.6 Å². The van der Waals surface area contributed by atoms with Gasteiger partial charge in [-0.15, -0.1) is 0 Å². The van der Waals surface area contributed by atoms with Crippen LogP contribution in [0.3, 0.4) is 0 Å². The Bertz CT molecular complexity index is 534. The Kier molecular flexibility index (Phi) is 7.97. The van der Waals surface area contributed by atoms with Crippen LogP contribution in [0.15, 0.2) is 12.1 Å². The van der Waals surface area contributed by atoms with Crippen molar-refractivity contribution in [2.75, 3.05) is 4.90 Å². The lowest BCUT2D eigenvalue weighted by Crippen LogP contribution is -2.40. The highest BCUT2D eigenvalue weighted by Crippen LogP contribution is 2.31. The number of hydrogen-bond donors (Lipinski definition) is 0. The zero-order valence-corrected chi connectivity index (χ0v) is 15.1. The van der Waals surface area contributed by atoms with Gasteiger partial charge in [0, 0.05) is 12.5 Å². The fourth-order valence-corrected chi connectivity index (χ4v) is 2.75. The molecule has 1 unspecified atom stereocenters. The number of rotatable bonds is 8. The van der Waals surface area contributed by atoms with Crippen LogP contribution < -0.4 is 4.90 Å². The molecule has 1 rings (SSSR count). The summed E-state index contributed by atoms with van der Waals surface area (Å²) in [7, 11) is 0. The molecule has 1 atom stereocenters. The van der Waals surface area contributed by atoms with Crippen molar-refractivity contribution in [2.24, 2.45) is 5.92 Å². The molecule has 1 amide bonds. The lowest BCUT2D eigenvalue weighted by atomic mass is 10.0. The van der Waals surface area contributed by atoms with E-state index in [0.29, 0.717) is 6.42 Å². The Balaban J connectivity index is 3.13. The minimum Gasteiger partial charge on any atom is -0.307 e. The summed E-state index contributed by atoms with van der Waals surface area (Å²) in [5.74, 6) is -1.69. The van der Waals surface area contributed by atoms with Crippen LogP contribution in [0.1, 0.15) is 59.8 Å². The van der Waals surface area contributed by atoms with Crippen molar-refractivity contribution in [2.45, 2.75) is 65.8 Å². The molecule has 23 heavy (non-hydrogen) atoms. The van der Waals surface area contributed by atoms with Gasteiger partial charge in [0.1, 0.15) is 10.8 Å². The van der Waals surface area contributed by atoms with E-state index in [2.05, 4.69) is 6.92 Å². The molecule has 0 fully saturated rings. The van der Waals surface area contributed by atoms with Crippen LogP contribution in [0, 0.1) is 17.6 Å². The highest BCUT2D eigenvalue weighted by atomic mass is 35.5. The molecule has 1 aromatic rings. The van der Waals surface area contributed by atoms with Gasteiger partial charge in [-0.2, -0.15) is 0 Å². The fourth-order valence-electron chi connectivity index (χ4n) is 2.59. The molecule has 0 aliphatic carbocycles. The van der Waals surface area contributed by atoms with Crippen molar-refractivity contribution >= 4 is 23.2 Å². The molecule has 0 aliphatic heterocycles. The first-order valence-corrected chi connectivity index (χ1v) is 8.62. The Morgan fingerprint density at radius 1 is 1.22 bits per heavy atom. The maximum atomic E-state index is 14.4. The fraction of sp³-hybridized carbons (Fsp3) is 0.611. The molecule has 0 spiro atoms. The average Bonchev–Trinajstić information content (AvgIpc) is 2.47. The minimum absolute atomic E-state index is 0.0612. The summed E-state index contributed by atoms with van der Waals surface area (Å²) in [4.78, 5) is 14.0. The van der Waals surface area contributed by atoms with Gasteiger partial charge < -0.3 is 4.90 Å². The predicted octanol–water partition coefficient (Wildman–Crippen LogP) is 5.97. The maximum absolute atomic E-state index is 14.4. The second-order valence-corrected chi connectivity index (χ2v) is 6.78. The zero-order chi connectivity index (χ0) is 17.6. The van der Waals surface area contributed by atoms with E-state index in [1.807, 2.05) is 20.8 Å². The molecule has 1 aromatic carbocycles. The number of benzene rings is 1. The third-order valence-electron chi connectivity index (χ3n) is 3.79. The first kappa shape index (κ1) is 19.9. The van der Waals surface area contributed by atoms with E-state index in [1.54, 1.807) is 0 Å². The number of carbonyl (C=O) groups excluding carboxylic acids is 1. The molecule has 0 radical (unpaired) electrons. The van der Waals surface area contributed by atoms with E-state index >= 15 is 0 Å². The van der Waals surface area contributed by atoms with Gasteiger partial charge in [-0.3, -0.25) is 4.79 Å². The lowest BCUT2D eigenvalue weighted by molar-refractivity contribution is -0.119. The third-order valence-corrected chi connectivity index (χ3v) is 4.14. The number of halogens is 3. The topological polar surface area (TPSA) is 20.3 Å². The van der Waals surface area contributed by atoms with Crippen LogP contribution >= 0.6 is 11.6 Å². The van der Waals surface area contributed by atoms with Crippen LogP contribution in [-0.2, 0) is 4.79 Å². The summed E-state index contributed by atoms with van der Waals surface area (Å²) in [6, 6.07) is 2.24. The molecular weight excluding hydrogens is 320 g/mol. The number of nitrogens with zero attached hydrogens (tertiary/aromatic N) is 1. The highest BCUT2D eigenvalue weighted by molar-refractivity contribution is 6.31. The smallest absolute Gasteiger partial charge is 0.227 e. The Morgan fingerprint density at radius 3 is 2.43 bits per heavy atom. The molecule has 0 aliphatic rings. The van der Waals surface area contributed by atoms with Crippen molar-refractivity contribution in [1.82, 2.24) is 0 Å². The first-order valence-electron chi connectivity index (χ1n) is 8.25. The molecule has 0 N–H and O–H groups in total. The predicted molar refractivity (Wildman–Crippen MR) is 91.9 cm³/mol. The highest BCUT2D eigenvalue weighted by Gasteiger charge is 2.26. The molecular formula is C18H26ClF2NO. The van der Waals surface area contributed by atoms with Gasteiger partial charge in [0.05, 0.1) is 5.69 Å². The van der Waals surface area contributed by atoms with E-state index < -0.39 is 16.7 Å². The summed E-state index contributed by atoms with van der Waals surface area (Å²) in [5.41, 5.74) is 0.0612. The van der Waals surface area contributed by atoms with Crippen LogP contribution in [0.25, 0.3) is 0 Å². The second kappa shape index (κ2) is 9.21. The number of hydrogen-bond acceptors (Lipinski definition) is 1. The van der Waals surface area contributed by atoms with Gasteiger partial charge in [0.15, 0.2) is 5.82 Å². The van der Waals surface area contributed by atoms with Gasteiger partial charge >= 0.3 is 0 Å². The number of unbranched alkanes of at least 4 members (excludes halogenated alkanes) is 2. The standard InChI is InChI=1S/C18H26ClF2NO/c1-5-6-7-8-13(4)22(16(23)11-12(2)3)15-10-9-14(20)17(19)18(15)21/h9-10,12-13H,5-8,11H2,1-4H3. The van der Waals surface area contributed by atoms with Crippen LogP contribution in [0.4, 0.5) is 14.5 Å². The quantitative estimate of drug-likeness (QED) is 0.420. The number of anilines is 1. The van der Waals surface area contributed by atoms with Crippen LogP contribution in [0.5, 0.6) is 0 Å². The van der Waals surface area contributed by atoms with E-state index in [0.717, 1.165) is 31.7 Å². The molecule has 0 aromatic heterocycles. The van der Waals surface area contributed by atoms with Crippen LogP contribution in [0.2, 0.25) is 5.02 Å². The van der Waals surface area contributed by atoms with Gasteiger partial charge in [-0.05, 0) is 31.4 Å². The lowest BCUT2D eigenvalue weighted by Gasteiger charge is -2.31. The molecule has 130 valence electrons. The van der Waals surface area contributed by atoms with Crippen molar-refractivity contribution in [1.29, 1.82) is 0 Å². The van der Waals surface area contributed by atoms with Gasteiger partial charge in [0.25, 0.3) is 0 Å². The maximum Gasteiger partial charge on any atom is 0.227 e. The van der Waals surface area contributed by atoms with Gasteiger partial charge in [-0.1, -0.05) is 51.6 Å². The molecule has 5 heteroatoms. The summed E-state index contributed by atoms with van der Waals surface area (Å²) in [6.45, 7) is 7.87. The van der Waals surface area contributed by atoms with Crippen molar-refractivity contribution < 1.29 is 13.6 Å². The minimum atomic E-state index is -0.869. The molecule has 0 heterocycles. The Morgan fingerprint density at radius 2 is 1.87 bits per heavy atom. The Hall–Kier alpha value is -1.16. The van der Waals surface area contributed by atoms with E-state index in [4.69, 9.17) is 11.6 Å². The van der Waals surface area contributed by atoms with Gasteiger partial charge in [0.2, 0.25) is 5.91 Å². The van der Waals surface area contributed by atoms with Crippen molar-refractivity contribution in [3.05, 3.63) is 28.8 Å². The normalized spacial score (nSPS) is 12.5. The largest absolute Gasteiger partial charge is 0.307 e. The SMILES string of the molecule is CCCCCC(C)N(C(=O)CC(C)C)c1ccc(F)c(Cl)c1F. The first-order chi connectivity index (χ1) is 10.8. The number of amides is 1. The average molecular weight is 346 g/mol. The zero-order valence-electron chi connectivity index (χ0n) is 14.3. The second-order valence-electron chi connectivity index (χ2n) is 6.40. The monoisotopic (exact) mass is 345 g/mol. The third kappa shape index (κ3) is 5.45. The number of carbonyl (C=O) groups is 1.